The van der Waals surface area contributed by atoms with Gasteiger partial charge in [-0.05, 0) is 50.7 Å². The van der Waals surface area contributed by atoms with E-state index in [0.29, 0.717) is 23.6 Å². The molecule has 0 amide bonds. The Balaban J connectivity index is 1.88. The number of ether oxygens (including phenoxy) is 1. The van der Waals surface area contributed by atoms with E-state index in [4.69, 9.17) is 16.3 Å². The highest BCUT2D eigenvalue weighted by Gasteiger charge is 2.15. The minimum Gasteiger partial charge on any atom is -0.381 e. The summed E-state index contributed by atoms with van der Waals surface area (Å²) in [5.41, 5.74) is 0.536. The Labute approximate surface area is 155 Å². The van der Waals surface area contributed by atoms with Crippen LogP contribution in [-0.2, 0) is 11.2 Å². The summed E-state index contributed by atoms with van der Waals surface area (Å²) in [6, 6.07) is 4.78. The lowest BCUT2D eigenvalue weighted by atomic mass is 9.96. The molecule has 1 heterocycles. The van der Waals surface area contributed by atoms with Crippen molar-refractivity contribution in [2.45, 2.75) is 32.6 Å². The summed E-state index contributed by atoms with van der Waals surface area (Å²) in [5.74, 6) is 1.33. The molecule has 4 nitrogen and oxygen atoms in total. The van der Waals surface area contributed by atoms with Crippen molar-refractivity contribution in [3.63, 3.8) is 0 Å². The van der Waals surface area contributed by atoms with Crippen LogP contribution in [0.15, 0.2) is 23.2 Å². The molecule has 0 aliphatic carbocycles. The summed E-state index contributed by atoms with van der Waals surface area (Å²) in [4.78, 5) is 6.79. The topological polar surface area (TPSA) is 36.9 Å². The molecule has 140 valence electrons. The summed E-state index contributed by atoms with van der Waals surface area (Å²) in [5, 5.41) is 3.78. The molecule has 1 aromatic rings. The highest BCUT2D eigenvalue weighted by Crippen LogP contribution is 2.20. The molecule has 0 radical (unpaired) electrons. The first-order valence-electron chi connectivity index (χ1n) is 9.12. The van der Waals surface area contributed by atoms with Gasteiger partial charge < -0.3 is 15.0 Å². The third kappa shape index (κ3) is 6.48. The van der Waals surface area contributed by atoms with Crippen molar-refractivity contribution in [1.82, 2.24) is 10.2 Å². The van der Waals surface area contributed by atoms with Crippen LogP contribution in [0.3, 0.4) is 0 Å². The van der Waals surface area contributed by atoms with E-state index in [2.05, 4.69) is 29.2 Å². The molecule has 0 saturated carbocycles. The summed E-state index contributed by atoms with van der Waals surface area (Å²) >= 11 is 6.08. The fraction of sp³-hybridized carbons (Fsp3) is 0.632. The summed E-state index contributed by atoms with van der Waals surface area (Å²) in [7, 11) is 2.05. The molecule has 0 atom stereocenters. The van der Waals surface area contributed by atoms with Gasteiger partial charge in [0.05, 0.1) is 0 Å². The fourth-order valence-corrected chi connectivity index (χ4v) is 3.29. The van der Waals surface area contributed by atoms with E-state index in [1.807, 2.05) is 0 Å². The van der Waals surface area contributed by atoms with Gasteiger partial charge in [-0.3, -0.25) is 4.99 Å². The van der Waals surface area contributed by atoms with Crippen molar-refractivity contribution in [2.75, 3.05) is 39.9 Å². The molecule has 1 aliphatic rings. The molecule has 1 aromatic carbocycles. The highest BCUT2D eigenvalue weighted by molar-refractivity contribution is 6.31. The van der Waals surface area contributed by atoms with Gasteiger partial charge in [0.25, 0.3) is 0 Å². The van der Waals surface area contributed by atoms with Crippen molar-refractivity contribution in [2.24, 2.45) is 10.9 Å². The van der Waals surface area contributed by atoms with Gasteiger partial charge in [0.2, 0.25) is 0 Å². The van der Waals surface area contributed by atoms with Gasteiger partial charge in [0.1, 0.15) is 5.82 Å². The Kier molecular flexibility index (Phi) is 8.49. The first-order chi connectivity index (χ1) is 12.1. The molecule has 0 spiro atoms. The molecule has 1 fully saturated rings. The Morgan fingerprint density at radius 2 is 2.16 bits per heavy atom. The van der Waals surface area contributed by atoms with Crippen LogP contribution in [-0.4, -0.2) is 50.8 Å². The second-order valence-electron chi connectivity index (χ2n) is 6.45. The number of benzene rings is 1. The second kappa shape index (κ2) is 10.6. The van der Waals surface area contributed by atoms with Crippen LogP contribution >= 0.6 is 11.6 Å². The molecule has 1 N–H and O–H groups in total. The number of rotatable bonds is 7. The average molecular weight is 370 g/mol. The van der Waals surface area contributed by atoms with E-state index in [1.54, 1.807) is 12.1 Å². The smallest absolute Gasteiger partial charge is 0.193 e. The Bertz CT molecular complexity index is 541. The maximum Gasteiger partial charge on any atom is 0.193 e. The molecule has 6 heteroatoms. The largest absolute Gasteiger partial charge is 0.381 e. The Morgan fingerprint density at radius 3 is 2.84 bits per heavy atom. The molecule has 0 bridgehead atoms. The molecule has 25 heavy (non-hydrogen) atoms. The predicted molar refractivity (Wildman–Crippen MR) is 102 cm³/mol. The van der Waals surface area contributed by atoms with E-state index >= 15 is 0 Å². The monoisotopic (exact) mass is 369 g/mol. The highest BCUT2D eigenvalue weighted by atomic mass is 35.5. The number of aliphatic imine (C=N–C) groups is 1. The Hall–Kier alpha value is -1.33. The molecular formula is C19H29ClFN3O. The summed E-state index contributed by atoms with van der Waals surface area (Å²) < 4.78 is 19.3. The lowest BCUT2D eigenvalue weighted by Gasteiger charge is -2.26. The van der Waals surface area contributed by atoms with Gasteiger partial charge in [-0.25, -0.2) is 4.39 Å². The van der Waals surface area contributed by atoms with Crippen LogP contribution in [0.25, 0.3) is 0 Å². The Morgan fingerprint density at radius 1 is 1.40 bits per heavy atom. The van der Waals surface area contributed by atoms with Gasteiger partial charge in [0, 0.05) is 50.5 Å². The van der Waals surface area contributed by atoms with Gasteiger partial charge >= 0.3 is 0 Å². The van der Waals surface area contributed by atoms with Crippen LogP contribution in [0, 0.1) is 11.7 Å². The van der Waals surface area contributed by atoms with Crippen LogP contribution < -0.4 is 5.32 Å². The predicted octanol–water partition coefficient (Wildman–Crippen LogP) is 3.74. The SMILES string of the molecule is CCNC(=NCCc1c(F)cccc1Cl)N(C)CCC1CCOCC1. The van der Waals surface area contributed by atoms with E-state index in [9.17, 15) is 4.39 Å². The van der Waals surface area contributed by atoms with Crippen LogP contribution in [0.1, 0.15) is 31.7 Å². The van der Waals surface area contributed by atoms with Crippen LogP contribution in [0.5, 0.6) is 0 Å². The quantitative estimate of drug-likeness (QED) is 0.587. The standard InChI is InChI=1S/C19H29ClFN3O/c1-3-22-19(24(2)12-8-15-9-13-25-14-10-15)23-11-7-16-17(20)5-4-6-18(16)21/h4-6,15H,3,7-14H2,1-2H3,(H,22,23). The zero-order valence-electron chi connectivity index (χ0n) is 15.2. The third-order valence-corrected chi connectivity index (χ3v) is 4.95. The number of hydrogen-bond donors (Lipinski definition) is 1. The third-order valence-electron chi connectivity index (χ3n) is 4.60. The maximum absolute atomic E-state index is 13.8. The second-order valence-corrected chi connectivity index (χ2v) is 6.86. The van der Waals surface area contributed by atoms with E-state index < -0.39 is 0 Å². The molecule has 2 rings (SSSR count). The normalized spacial score (nSPS) is 16.1. The zero-order chi connectivity index (χ0) is 18.1. The van der Waals surface area contributed by atoms with E-state index in [1.165, 1.54) is 6.07 Å². The number of halogens is 2. The lowest BCUT2D eigenvalue weighted by molar-refractivity contribution is 0.0625. The van der Waals surface area contributed by atoms with Gasteiger partial charge in [0.15, 0.2) is 5.96 Å². The molecule has 1 saturated heterocycles. The maximum atomic E-state index is 13.8. The van der Waals surface area contributed by atoms with Crippen LogP contribution in [0.4, 0.5) is 4.39 Å². The minimum atomic E-state index is -0.263. The lowest BCUT2D eigenvalue weighted by Crippen LogP contribution is -2.40. The van der Waals surface area contributed by atoms with Crippen molar-refractivity contribution in [1.29, 1.82) is 0 Å². The van der Waals surface area contributed by atoms with Crippen molar-refractivity contribution in [3.8, 4) is 0 Å². The summed E-state index contributed by atoms with van der Waals surface area (Å²) in [6.07, 6.45) is 3.93. The number of guanidine groups is 1. The van der Waals surface area contributed by atoms with Gasteiger partial charge in [-0.15, -0.1) is 0 Å². The van der Waals surface area contributed by atoms with Gasteiger partial charge in [-0.1, -0.05) is 17.7 Å². The zero-order valence-corrected chi connectivity index (χ0v) is 16.0. The fourth-order valence-electron chi connectivity index (χ4n) is 3.03. The number of nitrogens with one attached hydrogen (secondary N) is 1. The number of nitrogens with zero attached hydrogens (tertiary/aromatic N) is 2. The first-order valence-corrected chi connectivity index (χ1v) is 9.49. The first kappa shape index (κ1) is 20.0. The number of hydrogen-bond acceptors (Lipinski definition) is 2. The molecular weight excluding hydrogens is 341 g/mol. The molecule has 1 aliphatic heterocycles. The van der Waals surface area contributed by atoms with Crippen molar-refractivity contribution >= 4 is 17.6 Å². The minimum absolute atomic E-state index is 0.263. The van der Waals surface area contributed by atoms with E-state index in [-0.39, 0.29) is 5.82 Å². The average Bonchev–Trinajstić information content (AvgIpc) is 2.62. The molecule has 0 unspecified atom stereocenters. The van der Waals surface area contributed by atoms with E-state index in [0.717, 1.165) is 57.4 Å². The molecule has 0 aromatic heterocycles. The van der Waals surface area contributed by atoms with Crippen LogP contribution in [0.2, 0.25) is 5.02 Å². The van der Waals surface area contributed by atoms with Crippen molar-refractivity contribution < 1.29 is 9.13 Å². The summed E-state index contributed by atoms with van der Waals surface area (Å²) in [6.45, 7) is 6.08. The van der Waals surface area contributed by atoms with Crippen molar-refractivity contribution in [3.05, 3.63) is 34.6 Å². The van der Waals surface area contributed by atoms with Gasteiger partial charge in [-0.2, -0.15) is 0 Å².